The Hall–Kier alpha value is -1.65. The van der Waals surface area contributed by atoms with Gasteiger partial charge in [-0.1, -0.05) is 0 Å². The third-order valence-corrected chi connectivity index (χ3v) is 2.05. The van der Waals surface area contributed by atoms with E-state index in [1.54, 1.807) is 0 Å². The van der Waals surface area contributed by atoms with Crippen LogP contribution in [0.4, 0.5) is 13.6 Å². The summed E-state index contributed by atoms with van der Waals surface area (Å²) < 4.78 is 25.8. The Morgan fingerprint density at radius 3 is 2.73 bits per heavy atom. The molecule has 0 atom stereocenters. The maximum Gasteiger partial charge on any atom is 0.407 e. The minimum absolute atomic E-state index is 0.135. The number of benzene rings is 1. The first-order valence-corrected chi connectivity index (χ1v) is 4.38. The maximum atomic E-state index is 13.1. The van der Waals surface area contributed by atoms with Gasteiger partial charge in [0.25, 0.3) is 0 Å². The molecular formula is C10H11F2NO2. The number of rotatable bonds is 3. The third kappa shape index (κ3) is 3.19. The molecule has 0 aliphatic rings. The minimum atomic E-state index is -1.09. The lowest BCUT2D eigenvalue weighted by Crippen LogP contribution is -2.27. The number of hydrogen-bond donors (Lipinski definition) is 1. The average molecular weight is 215 g/mol. The van der Waals surface area contributed by atoms with Crippen LogP contribution in [0.2, 0.25) is 0 Å². The summed E-state index contributed by atoms with van der Waals surface area (Å²) in [6, 6.07) is 3.14. The van der Waals surface area contributed by atoms with Crippen molar-refractivity contribution in [3.05, 3.63) is 35.4 Å². The molecule has 1 amide bonds. The van der Waals surface area contributed by atoms with Gasteiger partial charge in [0.2, 0.25) is 0 Å². The second-order valence-electron chi connectivity index (χ2n) is 3.19. The third-order valence-electron chi connectivity index (χ3n) is 2.05. The Labute approximate surface area is 85.9 Å². The second-order valence-corrected chi connectivity index (χ2v) is 3.19. The molecule has 1 aromatic rings. The van der Waals surface area contributed by atoms with Crippen molar-refractivity contribution in [2.45, 2.75) is 6.42 Å². The number of nitrogens with zero attached hydrogens (tertiary/aromatic N) is 1. The Bertz CT molecular complexity index is 368. The van der Waals surface area contributed by atoms with Crippen LogP contribution in [-0.4, -0.2) is 29.7 Å². The highest BCUT2D eigenvalue weighted by Gasteiger charge is 2.08. The molecule has 0 unspecified atom stereocenters. The van der Waals surface area contributed by atoms with E-state index in [1.165, 1.54) is 7.05 Å². The van der Waals surface area contributed by atoms with Crippen molar-refractivity contribution < 1.29 is 18.7 Å². The molecule has 0 fully saturated rings. The topological polar surface area (TPSA) is 40.5 Å². The molecular weight excluding hydrogens is 204 g/mol. The lowest BCUT2D eigenvalue weighted by Gasteiger charge is -2.12. The van der Waals surface area contributed by atoms with Gasteiger partial charge >= 0.3 is 6.09 Å². The van der Waals surface area contributed by atoms with Gasteiger partial charge in [0.1, 0.15) is 11.6 Å². The zero-order chi connectivity index (χ0) is 11.4. The number of likely N-dealkylation sites (N-methyl/N-ethyl adjacent to an activating group) is 1. The van der Waals surface area contributed by atoms with Gasteiger partial charge in [-0.15, -0.1) is 0 Å². The molecule has 3 nitrogen and oxygen atoms in total. The van der Waals surface area contributed by atoms with Crippen LogP contribution in [0.25, 0.3) is 0 Å². The zero-order valence-corrected chi connectivity index (χ0v) is 8.20. The Balaban J connectivity index is 2.65. The molecule has 5 heteroatoms. The van der Waals surface area contributed by atoms with Crippen molar-refractivity contribution in [2.75, 3.05) is 13.6 Å². The summed E-state index contributed by atoms with van der Waals surface area (Å²) in [5, 5.41) is 8.54. The summed E-state index contributed by atoms with van der Waals surface area (Å²) in [4.78, 5) is 11.4. The van der Waals surface area contributed by atoms with Gasteiger partial charge in [-0.3, -0.25) is 0 Å². The number of carboxylic acid groups (broad SMARTS) is 1. The van der Waals surface area contributed by atoms with E-state index in [1.807, 2.05) is 0 Å². The summed E-state index contributed by atoms with van der Waals surface area (Å²) in [5.41, 5.74) is 0.183. The van der Waals surface area contributed by atoms with E-state index in [2.05, 4.69) is 0 Å². The minimum Gasteiger partial charge on any atom is -0.465 e. The maximum absolute atomic E-state index is 13.1. The van der Waals surface area contributed by atoms with E-state index in [-0.39, 0.29) is 18.5 Å². The van der Waals surface area contributed by atoms with Crippen molar-refractivity contribution >= 4 is 6.09 Å². The summed E-state index contributed by atoms with van der Waals surface area (Å²) >= 11 is 0. The molecule has 0 saturated carbocycles. The molecule has 0 aliphatic heterocycles. The van der Waals surface area contributed by atoms with Gasteiger partial charge in [0.15, 0.2) is 0 Å². The lowest BCUT2D eigenvalue weighted by molar-refractivity contribution is 0.156. The van der Waals surface area contributed by atoms with Crippen LogP contribution in [0, 0.1) is 11.6 Å². The van der Waals surface area contributed by atoms with Gasteiger partial charge in [0.05, 0.1) is 0 Å². The molecule has 0 spiro atoms. The van der Waals surface area contributed by atoms with Crippen molar-refractivity contribution in [3.63, 3.8) is 0 Å². The highest BCUT2D eigenvalue weighted by atomic mass is 19.1. The number of amides is 1. The monoisotopic (exact) mass is 215 g/mol. The van der Waals surface area contributed by atoms with Crippen molar-refractivity contribution in [3.8, 4) is 0 Å². The van der Waals surface area contributed by atoms with Crippen LogP contribution in [-0.2, 0) is 6.42 Å². The molecule has 0 radical (unpaired) electrons. The molecule has 1 aromatic carbocycles. The van der Waals surface area contributed by atoms with Crippen LogP contribution in [0.5, 0.6) is 0 Å². The summed E-state index contributed by atoms with van der Waals surface area (Å²) in [6.07, 6.45) is -0.932. The largest absolute Gasteiger partial charge is 0.465 e. The first kappa shape index (κ1) is 11.4. The Morgan fingerprint density at radius 2 is 2.13 bits per heavy atom. The highest BCUT2D eigenvalue weighted by molar-refractivity contribution is 5.64. The first-order valence-electron chi connectivity index (χ1n) is 4.38. The lowest BCUT2D eigenvalue weighted by atomic mass is 10.1. The Morgan fingerprint density at radius 1 is 1.47 bits per heavy atom. The van der Waals surface area contributed by atoms with E-state index < -0.39 is 17.7 Å². The number of hydrogen-bond acceptors (Lipinski definition) is 1. The normalized spacial score (nSPS) is 10.1. The smallest absolute Gasteiger partial charge is 0.407 e. The van der Waals surface area contributed by atoms with E-state index >= 15 is 0 Å². The molecule has 0 bridgehead atoms. The van der Waals surface area contributed by atoms with Gasteiger partial charge < -0.3 is 10.0 Å². The number of halogens is 2. The SMILES string of the molecule is CN(CCc1cc(F)ccc1F)C(=O)O. The molecule has 0 heterocycles. The van der Waals surface area contributed by atoms with Crippen molar-refractivity contribution in [2.24, 2.45) is 0 Å². The predicted octanol–water partition coefficient (Wildman–Crippen LogP) is 2.12. The summed E-state index contributed by atoms with van der Waals surface area (Å²) in [5.74, 6) is -1.04. The van der Waals surface area contributed by atoms with Crippen molar-refractivity contribution in [1.82, 2.24) is 4.90 Å². The zero-order valence-electron chi connectivity index (χ0n) is 8.20. The van der Waals surface area contributed by atoms with Gasteiger partial charge in [-0.25, -0.2) is 13.6 Å². The van der Waals surface area contributed by atoms with Gasteiger partial charge in [-0.05, 0) is 30.2 Å². The summed E-state index contributed by atoms with van der Waals surface area (Å²) in [7, 11) is 1.37. The van der Waals surface area contributed by atoms with E-state index in [4.69, 9.17) is 5.11 Å². The van der Waals surface area contributed by atoms with E-state index in [0.717, 1.165) is 23.1 Å². The van der Waals surface area contributed by atoms with Crippen LogP contribution >= 0.6 is 0 Å². The molecule has 15 heavy (non-hydrogen) atoms. The van der Waals surface area contributed by atoms with Crippen LogP contribution in [0.15, 0.2) is 18.2 Å². The van der Waals surface area contributed by atoms with Gasteiger partial charge in [-0.2, -0.15) is 0 Å². The molecule has 0 saturated heterocycles. The van der Waals surface area contributed by atoms with Gasteiger partial charge in [0, 0.05) is 13.6 Å². The van der Waals surface area contributed by atoms with Crippen LogP contribution in [0.3, 0.4) is 0 Å². The molecule has 82 valence electrons. The van der Waals surface area contributed by atoms with Crippen LogP contribution < -0.4 is 0 Å². The average Bonchev–Trinajstić information content (AvgIpc) is 2.18. The van der Waals surface area contributed by atoms with Crippen molar-refractivity contribution in [1.29, 1.82) is 0 Å². The predicted molar refractivity (Wildman–Crippen MR) is 50.7 cm³/mol. The van der Waals surface area contributed by atoms with E-state index in [9.17, 15) is 13.6 Å². The quantitative estimate of drug-likeness (QED) is 0.838. The summed E-state index contributed by atoms with van der Waals surface area (Å²) in [6.45, 7) is 0.135. The number of carbonyl (C=O) groups is 1. The standard InChI is InChI=1S/C10H11F2NO2/c1-13(10(14)15)5-4-7-6-8(11)2-3-9(7)12/h2-3,6H,4-5H2,1H3,(H,14,15). The fraction of sp³-hybridized carbons (Fsp3) is 0.300. The van der Waals surface area contributed by atoms with Crippen LogP contribution in [0.1, 0.15) is 5.56 Å². The Kier molecular flexibility index (Phi) is 3.60. The molecule has 1 rings (SSSR count). The first-order chi connectivity index (χ1) is 7.00. The van der Waals surface area contributed by atoms with E-state index in [0.29, 0.717) is 0 Å². The fourth-order valence-electron chi connectivity index (χ4n) is 1.12. The molecule has 0 aliphatic carbocycles. The second kappa shape index (κ2) is 4.72. The highest BCUT2D eigenvalue weighted by Crippen LogP contribution is 2.10. The fourth-order valence-corrected chi connectivity index (χ4v) is 1.12. The molecule has 0 aromatic heterocycles. The molecule has 1 N–H and O–H groups in total.